The molecule has 2 rings (SSSR count). The van der Waals surface area contributed by atoms with Crippen molar-refractivity contribution in [1.82, 2.24) is 15.5 Å². The van der Waals surface area contributed by atoms with Crippen LogP contribution in [-0.2, 0) is 16.1 Å². The third-order valence-electron chi connectivity index (χ3n) is 4.14. The SMILES string of the molecule is CC=CCN1C[C@@H](NC(=O)c2ccc(COC)o2)C[C@H]1C(=O)NCC. The normalized spacial score (nSPS) is 20.9. The van der Waals surface area contributed by atoms with Gasteiger partial charge in [-0.05, 0) is 32.4 Å². The van der Waals surface area contributed by atoms with Crippen molar-refractivity contribution in [3.8, 4) is 0 Å². The van der Waals surface area contributed by atoms with Gasteiger partial charge in [0.2, 0.25) is 5.91 Å². The first-order chi connectivity index (χ1) is 12.1. The Balaban J connectivity index is 1.98. The van der Waals surface area contributed by atoms with Gasteiger partial charge in [-0.2, -0.15) is 0 Å². The van der Waals surface area contributed by atoms with Crippen molar-refractivity contribution in [2.75, 3.05) is 26.7 Å². The summed E-state index contributed by atoms with van der Waals surface area (Å²) in [7, 11) is 1.57. The summed E-state index contributed by atoms with van der Waals surface area (Å²) >= 11 is 0. The molecule has 1 aliphatic heterocycles. The molecule has 0 spiro atoms. The maximum absolute atomic E-state index is 12.4. The van der Waals surface area contributed by atoms with Crippen molar-refractivity contribution in [2.24, 2.45) is 0 Å². The van der Waals surface area contributed by atoms with E-state index in [-0.39, 0.29) is 29.7 Å². The van der Waals surface area contributed by atoms with Crippen LogP contribution in [0.5, 0.6) is 0 Å². The molecular formula is C18H27N3O4. The van der Waals surface area contributed by atoms with E-state index in [4.69, 9.17) is 9.15 Å². The highest BCUT2D eigenvalue weighted by atomic mass is 16.5. The van der Waals surface area contributed by atoms with Crippen LogP contribution in [0, 0.1) is 0 Å². The van der Waals surface area contributed by atoms with Gasteiger partial charge in [-0.1, -0.05) is 12.2 Å². The molecule has 1 aliphatic rings. The number of nitrogens with one attached hydrogen (secondary N) is 2. The van der Waals surface area contributed by atoms with Crippen molar-refractivity contribution in [1.29, 1.82) is 0 Å². The molecule has 2 N–H and O–H groups in total. The summed E-state index contributed by atoms with van der Waals surface area (Å²) in [5.74, 6) is 0.599. The summed E-state index contributed by atoms with van der Waals surface area (Å²) in [5.41, 5.74) is 0. The summed E-state index contributed by atoms with van der Waals surface area (Å²) in [6, 6.07) is 3.03. The highest BCUT2D eigenvalue weighted by Crippen LogP contribution is 2.19. The fraction of sp³-hybridized carbons (Fsp3) is 0.556. The quantitative estimate of drug-likeness (QED) is 0.692. The molecule has 7 nitrogen and oxygen atoms in total. The molecule has 0 bridgehead atoms. The van der Waals surface area contributed by atoms with Crippen molar-refractivity contribution in [3.05, 3.63) is 35.8 Å². The second-order valence-electron chi connectivity index (χ2n) is 6.04. The second kappa shape index (κ2) is 9.39. The highest BCUT2D eigenvalue weighted by Gasteiger charge is 2.36. The Morgan fingerprint density at radius 3 is 2.92 bits per heavy atom. The van der Waals surface area contributed by atoms with Crippen LogP contribution in [0.4, 0.5) is 0 Å². The van der Waals surface area contributed by atoms with Gasteiger partial charge in [-0.25, -0.2) is 0 Å². The van der Waals surface area contributed by atoms with Gasteiger partial charge in [0, 0.05) is 32.8 Å². The number of nitrogens with zero attached hydrogens (tertiary/aromatic N) is 1. The van der Waals surface area contributed by atoms with Gasteiger partial charge >= 0.3 is 0 Å². The van der Waals surface area contributed by atoms with E-state index in [0.29, 0.717) is 38.4 Å². The molecule has 1 saturated heterocycles. The Bertz CT molecular complexity index is 611. The van der Waals surface area contributed by atoms with Crippen LogP contribution < -0.4 is 10.6 Å². The number of allylic oxidation sites excluding steroid dienone is 1. The number of rotatable bonds is 8. The lowest BCUT2D eigenvalue weighted by Crippen LogP contribution is -2.43. The number of hydrogen-bond donors (Lipinski definition) is 2. The minimum atomic E-state index is -0.269. The third-order valence-corrected chi connectivity index (χ3v) is 4.14. The van der Waals surface area contributed by atoms with Crippen LogP contribution in [0.25, 0.3) is 0 Å². The standard InChI is InChI=1S/C18H27N3O4/c1-4-6-9-21-11-13(10-15(21)17(22)19-5-2)20-18(23)16-8-7-14(25-16)12-24-3/h4,6-8,13,15H,5,9-12H2,1-3H3,(H,19,22)(H,20,23)/t13-,15-/m0/s1. The van der Waals surface area contributed by atoms with Crippen LogP contribution in [0.1, 0.15) is 36.6 Å². The van der Waals surface area contributed by atoms with Crippen molar-refractivity contribution < 1.29 is 18.7 Å². The van der Waals surface area contributed by atoms with Crippen molar-refractivity contribution in [3.63, 3.8) is 0 Å². The third kappa shape index (κ3) is 5.17. The summed E-state index contributed by atoms with van der Waals surface area (Å²) in [5, 5.41) is 5.83. The van der Waals surface area contributed by atoms with E-state index in [9.17, 15) is 9.59 Å². The van der Waals surface area contributed by atoms with Crippen LogP contribution in [0.3, 0.4) is 0 Å². The Kier molecular flexibility index (Phi) is 7.21. The van der Waals surface area contributed by atoms with Crippen LogP contribution in [0.2, 0.25) is 0 Å². The summed E-state index contributed by atoms with van der Waals surface area (Å²) in [6.07, 6.45) is 4.56. The molecule has 2 amide bonds. The number of furan rings is 1. The molecule has 138 valence electrons. The number of likely N-dealkylation sites (tertiary alicyclic amines) is 1. The van der Waals surface area contributed by atoms with Crippen LogP contribution >= 0.6 is 0 Å². The zero-order chi connectivity index (χ0) is 18.2. The second-order valence-corrected chi connectivity index (χ2v) is 6.04. The molecule has 0 unspecified atom stereocenters. The Labute approximate surface area is 148 Å². The summed E-state index contributed by atoms with van der Waals surface area (Å²) in [4.78, 5) is 26.7. The lowest BCUT2D eigenvalue weighted by atomic mass is 10.1. The number of carbonyl (C=O) groups excluding carboxylic acids is 2. The maximum atomic E-state index is 12.4. The van der Waals surface area contributed by atoms with Gasteiger partial charge in [0.1, 0.15) is 12.4 Å². The lowest BCUT2D eigenvalue weighted by molar-refractivity contribution is -0.125. The molecule has 7 heteroatoms. The summed E-state index contributed by atoms with van der Waals surface area (Å²) in [6.45, 7) is 6.08. The number of methoxy groups -OCH3 is 1. The van der Waals surface area contributed by atoms with E-state index in [1.165, 1.54) is 0 Å². The van der Waals surface area contributed by atoms with Crippen LogP contribution in [0.15, 0.2) is 28.7 Å². The monoisotopic (exact) mass is 349 g/mol. The van der Waals surface area contributed by atoms with E-state index in [0.717, 1.165) is 0 Å². The molecule has 2 heterocycles. The highest BCUT2D eigenvalue weighted by molar-refractivity contribution is 5.92. The first-order valence-electron chi connectivity index (χ1n) is 8.60. The number of ether oxygens (including phenoxy) is 1. The molecule has 0 saturated carbocycles. The van der Waals surface area contributed by atoms with Gasteiger partial charge in [-0.3, -0.25) is 14.5 Å². The van der Waals surface area contributed by atoms with Gasteiger partial charge in [0.05, 0.1) is 6.04 Å². The Hall–Kier alpha value is -2.12. The average Bonchev–Trinajstić information content (AvgIpc) is 3.20. The lowest BCUT2D eigenvalue weighted by Gasteiger charge is -2.21. The fourth-order valence-electron chi connectivity index (χ4n) is 2.99. The number of carbonyl (C=O) groups is 2. The number of amides is 2. The van der Waals surface area contributed by atoms with Gasteiger partial charge in [0.25, 0.3) is 5.91 Å². The zero-order valence-electron chi connectivity index (χ0n) is 15.1. The Morgan fingerprint density at radius 2 is 2.24 bits per heavy atom. The van der Waals surface area contributed by atoms with E-state index in [2.05, 4.69) is 15.5 Å². The minimum absolute atomic E-state index is 0.00383. The first kappa shape index (κ1) is 19.2. The maximum Gasteiger partial charge on any atom is 0.287 e. The molecule has 1 aromatic heterocycles. The Morgan fingerprint density at radius 1 is 1.44 bits per heavy atom. The topological polar surface area (TPSA) is 83.8 Å². The number of likely N-dealkylation sites (N-methyl/N-ethyl adjacent to an activating group) is 1. The molecule has 25 heavy (non-hydrogen) atoms. The smallest absolute Gasteiger partial charge is 0.287 e. The zero-order valence-corrected chi connectivity index (χ0v) is 15.1. The molecule has 0 aliphatic carbocycles. The van der Waals surface area contributed by atoms with Crippen molar-refractivity contribution in [2.45, 2.75) is 39.0 Å². The molecule has 1 fully saturated rings. The van der Waals surface area contributed by atoms with E-state index in [1.807, 2.05) is 26.0 Å². The van der Waals surface area contributed by atoms with Gasteiger partial charge in [-0.15, -0.1) is 0 Å². The molecular weight excluding hydrogens is 322 g/mol. The predicted octanol–water partition coefficient (Wildman–Crippen LogP) is 1.31. The van der Waals surface area contributed by atoms with E-state index < -0.39 is 0 Å². The average molecular weight is 349 g/mol. The van der Waals surface area contributed by atoms with Gasteiger partial charge < -0.3 is 19.8 Å². The fourth-order valence-corrected chi connectivity index (χ4v) is 2.99. The number of hydrogen-bond acceptors (Lipinski definition) is 5. The molecule has 1 aromatic rings. The van der Waals surface area contributed by atoms with E-state index in [1.54, 1.807) is 19.2 Å². The first-order valence-corrected chi connectivity index (χ1v) is 8.60. The predicted molar refractivity (Wildman–Crippen MR) is 94.2 cm³/mol. The van der Waals surface area contributed by atoms with Crippen molar-refractivity contribution >= 4 is 11.8 Å². The van der Waals surface area contributed by atoms with E-state index >= 15 is 0 Å². The summed E-state index contributed by atoms with van der Waals surface area (Å²) < 4.78 is 10.4. The van der Waals surface area contributed by atoms with Crippen LogP contribution in [-0.4, -0.2) is 55.5 Å². The van der Waals surface area contributed by atoms with Gasteiger partial charge in [0.15, 0.2) is 5.76 Å². The largest absolute Gasteiger partial charge is 0.453 e. The molecule has 2 atom stereocenters. The minimum Gasteiger partial charge on any atom is -0.453 e. The molecule has 0 aromatic carbocycles. The molecule has 0 radical (unpaired) electrons.